The van der Waals surface area contributed by atoms with E-state index in [1.165, 1.54) is 0 Å². The SMILES string of the molecule is COc1ccc(C(Cl)C(C)C)cc1OC. The molecule has 0 amide bonds. The van der Waals surface area contributed by atoms with E-state index in [9.17, 15) is 0 Å². The molecule has 0 aliphatic carbocycles. The maximum Gasteiger partial charge on any atom is 0.161 e. The molecule has 1 atom stereocenters. The summed E-state index contributed by atoms with van der Waals surface area (Å²) < 4.78 is 10.4. The molecule has 0 fully saturated rings. The Kier molecular flexibility index (Phi) is 4.28. The molecule has 0 heterocycles. The van der Waals surface area contributed by atoms with Crippen LogP contribution in [0.15, 0.2) is 18.2 Å². The van der Waals surface area contributed by atoms with Gasteiger partial charge in [-0.1, -0.05) is 19.9 Å². The first-order valence-corrected chi connectivity index (χ1v) is 5.39. The third-order valence-electron chi connectivity index (χ3n) is 2.31. The van der Waals surface area contributed by atoms with E-state index in [1.54, 1.807) is 14.2 Å². The highest BCUT2D eigenvalue weighted by Gasteiger charge is 2.14. The third kappa shape index (κ3) is 2.78. The van der Waals surface area contributed by atoms with Gasteiger partial charge in [0, 0.05) is 0 Å². The Labute approximate surface area is 96.2 Å². The van der Waals surface area contributed by atoms with Gasteiger partial charge in [-0.05, 0) is 23.6 Å². The molecule has 84 valence electrons. The second-order valence-electron chi connectivity index (χ2n) is 3.76. The predicted molar refractivity (Wildman–Crippen MR) is 63.0 cm³/mol. The molecule has 15 heavy (non-hydrogen) atoms. The second-order valence-corrected chi connectivity index (χ2v) is 4.23. The molecule has 0 aliphatic rings. The summed E-state index contributed by atoms with van der Waals surface area (Å²) in [4.78, 5) is 0. The monoisotopic (exact) mass is 228 g/mol. The summed E-state index contributed by atoms with van der Waals surface area (Å²) in [5.41, 5.74) is 1.06. The van der Waals surface area contributed by atoms with Crippen molar-refractivity contribution >= 4 is 11.6 Å². The quantitative estimate of drug-likeness (QED) is 0.733. The number of ether oxygens (including phenoxy) is 2. The highest BCUT2D eigenvalue weighted by molar-refractivity contribution is 6.21. The normalized spacial score (nSPS) is 12.7. The topological polar surface area (TPSA) is 18.5 Å². The molecule has 1 unspecified atom stereocenters. The van der Waals surface area contributed by atoms with Crippen LogP contribution in [0, 0.1) is 5.92 Å². The number of hydrogen-bond acceptors (Lipinski definition) is 2. The Balaban J connectivity index is 3.02. The molecule has 0 bridgehead atoms. The van der Waals surface area contributed by atoms with Crippen molar-refractivity contribution in [3.8, 4) is 11.5 Å². The number of benzene rings is 1. The van der Waals surface area contributed by atoms with E-state index in [0.717, 1.165) is 17.1 Å². The van der Waals surface area contributed by atoms with Crippen molar-refractivity contribution in [3.05, 3.63) is 23.8 Å². The minimum Gasteiger partial charge on any atom is -0.493 e. The summed E-state index contributed by atoms with van der Waals surface area (Å²) in [6.45, 7) is 4.18. The number of hydrogen-bond donors (Lipinski definition) is 0. The Morgan fingerprint density at radius 1 is 1.07 bits per heavy atom. The van der Waals surface area contributed by atoms with E-state index >= 15 is 0 Å². The average molecular weight is 229 g/mol. The summed E-state index contributed by atoms with van der Waals surface area (Å²) in [6, 6.07) is 5.78. The van der Waals surface area contributed by atoms with Gasteiger partial charge in [-0.3, -0.25) is 0 Å². The Morgan fingerprint density at radius 3 is 2.13 bits per heavy atom. The summed E-state index contributed by atoms with van der Waals surface area (Å²) in [7, 11) is 3.25. The van der Waals surface area contributed by atoms with Crippen LogP contribution in [0.25, 0.3) is 0 Å². The maximum atomic E-state index is 6.27. The van der Waals surface area contributed by atoms with Crippen molar-refractivity contribution < 1.29 is 9.47 Å². The van der Waals surface area contributed by atoms with Gasteiger partial charge in [0.15, 0.2) is 11.5 Å². The molecule has 1 aromatic carbocycles. The molecule has 1 aromatic rings. The lowest BCUT2D eigenvalue weighted by molar-refractivity contribution is 0.354. The smallest absolute Gasteiger partial charge is 0.161 e. The molecular weight excluding hydrogens is 212 g/mol. The molecule has 0 saturated carbocycles. The van der Waals surface area contributed by atoms with Crippen LogP contribution >= 0.6 is 11.6 Å². The van der Waals surface area contributed by atoms with Gasteiger partial charge < -0.3 is 9.47 Å². The van der Waals surface area contributed by atoms with Gasteiger partial charge in [0.25, 0.3) is 0 Å². The van der Waals surface area contributed by atoms with Gasteiger partial charge in [0.1, 0.15) is 0 Å². The Bertz CT molecular complexity index is 323. The van der Waals surface area contributed by atoms with E-state index < -0.39 is 0 Å². The number of alkyl halides is 1. The average Bonchev–Trinajstić information content (AvgIpc) is 2.26. The van der Waals surface area contributed by atoms with E-state index in [1.807, 2.05) is 18.2 Å². The largest absolute Gasteiger partial charge is 0.493 e. The fourth-order valence-corrected chi connectivity index (χ4v) is 1.54. The zero-order valence-electron chi connectivity index (χ0n) is 9.58. The van der Waals surface area contributed by atoms with Gasteiger partial charge in [-0.2, -0.15) is 0 Å². The molecule has 0 saturated heterocycles. The Hall–Kier alpha value is -0.890. The molecule has 0 radical (unpaired) electrons. The second kappa shape index (κ2) is 5.26. The van der Waals surface area contributed by atoms with Crippen molar-refractivity contribution in [2.45, 2.75) is 19.2 Å². The molecule has 0 aliphatic heterocycles. The zero-order valence-corrected chi connectivity index (χ0v) is 10.3. The molecule has 1 rings (SSSR count). The predicted octanol–water partition coefficient (Wildman–Crippen LogP) is 3.64. The summed E-state index contributed by atoms with van der Waals surface area (Å²) in [5, 5.41) is 0.00445. The van der Waals surface area contributed by atoms with Crippen LogP contribution in [0.4, 0.5) is 0 Å². The number of rotatable bonds is 4. The van der Waals surface area contributed by atoms with Gasteiger partial charge in [-0.25, -0.2) is 0 Å². The van der Waals surface area contributed by atoms with Crippen molar-refractivity contribution in [1.29, 1.82) is 0 Å². The van der Waals surface area contributed by atoms with Crippen molar-refractivity contribution in [2.75, 3.05) is 14.2 Å². The summed E-state index contributed by atoms with van der Waals surface area (Å²) in [5.74, 6) is 1.85. The minimum absolute atomic E-state index is 0.00445. The molecule has 0 spiro atoms. The van der Waals surface area contributed by atoms with Crippen LogP contribution in [0.1, 0.15) is 24.8 Å². The van der Waals surface area contributed by atoms with Crippen LogP contribution in [-0.2, 0) is 0 Å². The molecule has 0 aromatic heterocycles. The van der Waals surface area contributed by atoms with Gasteiger partial charge >= 0.3 is 0 Å². The van der Waals surface area contributed by atoms with Crippen LogP contribution in [0.5, 0.6) is 11.5 Å². The first-order chi connectivity index (χ1) is 7.10. The van der Waals surface area contributed by atoms with Crippen LogP contribution in [-0.4, -0.2) is 14.2 Å². The minimum atomic E-state index is 0.00445. The van der Waals surface area contributed by atoms with E-state index in [-0.39, 0.29) is 5.38 Å². The Morgan fingerprint density at radius 2 is 1.67 bits per heavy atom. The first-order valence-electron chi connectivity index (χ1n) is 4.96. The standard InChI is InChI=1S/C12H17ClO2/c1-8(2)12(13)9-5-6-10(14-3)11(7-9)15-4/h5-8,12H,1-4H3. The zero-order chi connectivity index (χ0) is 11.4. The highest BCUT2D eigenvalue weighted by atomic mass is 35.5. The van der Waals surface area contributed by atoms with Crippen molar-refractivity contribution in [1.82, 2.24) is 0 Å². The van der Waals surface area contributed by atoms with Crippen LogP contribution in [0.3, 0.4) is 0 Å². The maximum absolute atomic E-state index is 6.27. The molecular formula is C12H17ClO2. The molecule has 0 N–H and O–H groups in total. The van der Waals surface area contributed by atoms with Crippen LogP contribution in [0.2, 0.25) is 0 Å². The van der Waals surface area contributed by atoms with Gasteiger partial charge in [0.2, 0.25) is 0 Å². The fraction of sp³-hybridized carbons (Fsp3) is 0.500. The number of halogens is 1. The first kappa shape index (κ1) is 12.2. The van der Waals surface area contributed by atoms with E-state index in [0.29, 0.717) is 5.92 Å². The van der Waals surface area contributed by atoms with E-state index in [2.05, 4.69) is 13.8 Å². The lowest BCUT2D eigenvalue weighted by Gasteiger charge is -2.16. The fourth-order valence-electron chi connectivity index (χ4n) is 1.41. The summed E-state index contributed by atoms with van der Waals surface area (Å²) >= 11 is 6.27. The van der Waals surface area contributed by atoms with Crippen molar-refractivity contribution in [2.24, 2.45) is 5.92 Å². The van der Waals surface area contributed by atoms with Gasteiger partial charge in [0.05, 0.1) is 19.6 Å². The molecule has 3 heteroatoms. The van der Waals surface area contributed by atoms with Crippen molar-refractivity contribution in [3.63, 3.8) is 0 Å². The van der Waals surface area contributed by atoms with E-state index in [4.69, 9.17) is 21.1 Å². The molecule has 2 nitrogen and oxygen atoms in total. The van der Waals surface area contributed by atoms with Gasteiger partial charge in [-0.15, -0.1) is 11.6 Å². The van der Waals surface area contributed by atoms with Crippen LogP contribution < -0.4 is 9.47 Å². The summed E-state index contributed by atoms with van der Waals surface area (Å²) in [6.07, 6.45) is 0. The third-order valence-corrected chi connectivity index (χ3v) is 3.07. The highest BCUT2D eigenvalue weighted by Crippen LogP contribution is 2.35. The number of methoxy groups -OCH3 is 2. The lowest BCUT2D eigenvalue weighted by Crippen LogP contribution is -2.00. The lowest BCUT2D eigenvalue weighted by atomic mass is 10.0.